The third-order valence-corrected chi connectivity index (χ3v) is 2.04. The first-order valence-electron chi connectivity index (χ1n) is 6.96. The van der Waals surface area contributed by atoms with Gasteiger partial charge in [0, 0.05) is 12.8 Å². The van der Waals surface area contributed by atoms with Crippen LogP contribution in [0, 0.1) is 6.92 Å². The molecular formula is C17H29N. The summed E-state index contributed by atoms with van der Waals surface area (Å²) in [5.74, 6) is 0. The Morgan fingerprint density at radius 2 is 1.44 bits per heavy atom. The highest BCUT2D eigenvalue weighted by atomic mass is 14.7. The van der Waals surface area contributed by atoms with Crippen molar-refractivity contribution in [2.45, 2.75) is 48.0 Å². The zero-order chi connectivity index (χ0) is 14.2. The second kappa shape index (κ2) is 15.6. The fraction of sp³-hybridized carbons (Fsp3) is 0.471. The van der Waals surface area contributed by atoms with Crippen LogP contribution in [0.3, 0.4) is 0 Å². The largest absolute Gasteiger partial charge is 0.293 e. The molecule has 0 amide bonds. The molecule has 0 saturated heterocycles. The Hall–Kier alpha value is -1.37. The van der Waals surface area contributed by atoms with Crippen molar-refractivity contribution in [3.8, 4) is 0 Å². The molecule has 102 valence electrons. The fourth-order valence-electron chi connectivity index (χ4n) is 1.11. The fourth-order valence-corrected chi connectivity index (χ4v) is 1.11. The van der Waals surface area contributed by atoms with Crippen LogP contribution in [0.15, 0.2) is 47.0 Å². The van der Waals surface area contributed by atoms with Crippen molar-refractivity contribution >= 4 is 6.21 Å². The molecule has 0 unspecified atom stereocenters. The van der Waals surface area contributed by atoms with Crippen molar-refractivity contribution < 1.29 is 0 Å². The zero-order valence-corrected chi connectivity index (χ0v) is 12.9. The number of hydrogen-bond donors (Lipinski definition) is 0. The summed E-state index contributed by atoms with van der Waals surface area (Å²) < 4.78 is 0. The van der Waals surface area contributed by atoms with Crippen LogP contribution in [0.4, 0.5) is 0 Å². The first kappa shape index (κ1) is 19.0. The molecule has 0 saturated carbocycles. The van der Waals surface area contributed by atoms with Gasteiger partial charge >= 0.3 is 0 Å². The normalized spacial score (nSPS) is 11.6. The molecule has 1 aromatic carbocycles. The van der Waals surface area contributed by atoms with Crippen LogP contribution in [-0.4, -0.2) is 12.8 Å². The molecule has 0 spiro atoms. The predicted octanol–water partition coefficient (Wildman–Crippen LogP) is 5.45. The van der Waals surface area contributed by atoms with Crippen molar-refractivity contribution in [2.75, 3.05) is 6.54 Å². The molecule has 0 atom stereocenters. The Morgan fingerprint density at radius 1 is 0.889 bits per heavy atom. The third kappa shape index (κ3) is 12.7. The SMILES string of the molecule is CC.CC.CC1=CC=NCC1.Cc1ccccc1. The van der Waals surface area contributed by atoms with Crippen LogP contribution in [0.1, 0.15) is 46.6 Å². The molecule has 0 N–H and O–H groups in total. The molecule has 0 fully saturated rings. The van der Waals surface area contributed by atoms with E-state index in [-0.39, 0.29) is 0 Å². The van der Waals surface area contributed by atoms with E-state index in [0.29, 0.717) is 0 Å². The smallest absolute Gasteiger partial charge is 0.0426 e. The van der Waals surface area contributed by atoms with Gasteiger partial charge in [-0.2, -0.15) is 0 Å². The number of allylic oxidation sites excluding steroid dienone is 1. The Balaban J connectivity index is 0. The van der Waals surface area contributed by atoms with Gasteiger partial charge in [0.1, 0.15) is 0 Å². The zero-order valence-electron chi connectivity index (χ0n) is 12.9. The van der Waals surface area contributed by atoms with Gasteiger partial charge in [-0.1, -0.05) is 69.2 Å². The van der Waals surface area contributed by atoms with Gasteiger partial charge < -0.3 is 0 Å². The van der Waals surface area contributed by atoms with Gasteiger partial charge in [0.2, 0.25) is 0 Å². The lowest BCUT2D eigenvalue weighted by Gasteiger charge is -1.98. The number of dihydropyridines is 1. The molecule has 1 heteroatoms. The van der Waals surface area contributed by atoms with Crippen LogP contribution in [0.2, 0.25) is 0 Å². The highest BCUT2D eigenvalue weighted by Gasteiger charge is 1.89. The Kier molecular flexibility index (Phi) is 16.5. The van der Waals surface area contributed by atoms with E-state index in [1.807, 2.05) is 52.1 Å². The van der Waals surface area contributed by atoms with E-state index in [0.717, 1.165) is 13.0 Å². The van der Waals surface area contributed by atoms with E-state index < -0.39 is 0 Å². The maximum absolute atomic E-state index is 4.03. The van der Waals surface area contributed by atoms with E-state index in [4.69, 9.17) is 0 Å². The lowest BCUT2D eigenvalue weighted by atomic mass is 10.2. The summed E-state index contributed by atoms with van der Waals surface area (Å²) in [4.78, 5) is 4.03. The lowest BCUT2D eigenvalue weighted by molar-refractivity contribution is 0.943. The molecule has 0 radical (unpaired) electrons. The highest BCUT2D eigenvalue weighted by molar-refractivity contribution is 5.72. The summed E-state index contributed by atoms with van der Waals surface area (Å²) in [7, 11) is 0. The number of rotatable bonds is 0. The summed E-state index contributed by atoms with van der Waals surface area (Å²) in [6, 6.07) is 10.3. The molecule has 1 aromatic rings. The van der Waals surface area contributed by atoms with E-state index in [1.165, 1.54) is 11.1 Å². The average Bonchev–Trinajstić information content (AvgIpc) is 2.46. The Labute approximate surface area is 114 Å². The van der Waals surface area contributed by atoms with Gasteiger partial charge in [0.15, 0.2) is 0 Å². The van der Waals surface area contributed by atoms with E-state index >= 15 is 0 Å². The first-order chi connectivity index (χ1) is 8.79. The average molecular weight is 247 g/mol. The highest BCUT2D eigenvalue weighted by Crippen LogP contribution is 2.01. The predicted molar refractivity (Wildman–Crippen MR) is 85.6 cm³/mol. The second-order valence-corrected chi connectivity index (χ2v) is 3.47. The Bertz CT molecular complexity index is 310. The van der Waals surface area contributed by atoms with Crippen LogP contribution in [0.25, 0.3) is 0 Å². The van der Waals surface area contributed by atoms with Crippen LogP contribution in [0.5, 0.6) is 0 Å². The van der Waals surface area contributed by atoms with Crippen molar-refractivity contribution in [3.05, 3.63) is 47.5 Å². The maximum atomic E-state index is 4.03. The minimum atomic E-state index is 0.988. The minimum absolute atomic E-state index is 0.988. The number of aliphatic imine (C=N–C) groups is 1. The van der Waals surface area contributed by atoms with Crippen molar-refractivity contribution in [3.63, 3.8) is 0 Å². The molecule has 0 aromatic heterocycles. The van der Waals surface area contributed by atoms with Crippen LogP contribution >= 0.6 is 0 Å². The molecular weight excluding hydrogens is 218 g/mol. The van der Waals surface area contributed by atoms with Gasteiger partial charge in [-0.3, -0.25) is 4.99 Å². The number of hydrogen-bond acceptors (Lipinski definition) is 1. The molecule has 0 aliphatic carbocycles. The van der Waals surface area contributed by atoms with Crippen molar-refractivity contribution in [1.29, 1.82) is 0 Å². The molecule has 1 heterocycles. The van der Waals surface area contributed by atoms with Gasteiger partial charge in [0.25, 0.3) is 0 Å². The summed E-state index contributed by atoms with van der Waals surface area (Å²) >= 11 is 0. The molecule has 2 rings (SSSR count). The van der Waals surface area contributed by atoms with E-state index in [1.54, 1.807) is 0 Å². The van der Waals surface area contributed by atoms with E-state index in [9.17, 15) is 0 Å². The lowest BCUT2D eigenvalue weighted by Crippen LogP contribution is -1.89. The second-order valence-electron chi connectivity index (χ2n) is 3.47. The van der Waals surface area contributed by atoms with Gasteiger partial charge in [-0.25, -0.2) is 0 Å². The topological polar surface area (TPSA) is 12.4 Å². The monoisotopic (exact) mass is 247 g/mol. The molecule has 1 aliphatic rings. The minimum Gasteiger partial charge on any atom is -0.293 e. The molecule has 18 heavy (non-hydrogen) atoms. The standard InChI is InChI=1S/C7H8.C6H9N.2C2H6/c1-7-5-3-2-4-6-7;1-6-2-4-7-5-3-6;2*1-2/h2-6H,1H3;2,4H,3,5H2,1H3;2*1-2H3. The summed E-state index contributed by atoms with van der Waals surface area (Å²) in [5, 5.41) is 0. The molecule has 0 bridgehead atoms. The maximum Gasteiger partial charge on any atom is 0.0426 e. The van der Waals surface area contributed by atoms with Crippen molar-refractivity contribution in [2.24, 2.45) is 4.99 Å². The number of nitrogens with zero attached hydrogens (tertiary/aromatic N) is 1. The number of benzene rings is 1. The van der Waals surface area contributed by atoms with Gasteiger partial charge in [-0.15, -0.1) is 0 Å². The molecule has 1 aliphatic heterocycles. The van der Waals surface area contributed by atoms with Crippen LogP contribution in [-0.2, 0) is 0 Å². The third-order valence-electron chi connectivity index (χ3n) is 2.04. The van der Waals surface area contributed by atoms with E-state index in [2.05, 4.69) is 37.0 Å². The molecule has 1 nitrogen and oxygen atoms in total. The Morgan fingerprint density at radius 3 is 1.67 bits per heavy atom. The summed E-state index contributed by atoms with van der Waals surface area (Å²) in [6.45, 7) is 13.2. The van der Waals surface area contributed by atoms with Crippen molar-refractivity contribution in [1.82, 2.24) is 0 Å². The number of aryl methyl sites for hydroxylation is 1. The quantitative estimate of drug-likeness (QED) is 0.577. The summed E-state index contributed by atoms with van der Waals surface area (Å²) in [5.41, 5.74) is 2.76. The summed E-state index contributed by atoms with van der Waals surface area (Å²) in [6.07, 6.45) is 5.08. The van der Waals surface area contributed by atoms with Gasteiger partial charge in [0.05, 0.1) is 0 Å². The van der Waals surface area contributed by atoms with Gasteiger partial charge in [-0.05, 0) is 26.3 Å². The first-order valence-corrected chi connectivity index (χ1v) is 6.96. The van der Waals surface area contributed by atoms with Crippen LogP contribution < -0.4 is 0 Å².